The van der Waals surface area contributed by atoms with Crippen molar-refractivity contribution in [1.29, 1.82) is 0 Å². The van der Waals surface area contributed by atoms with Crippen LogP contribution in [-0.2, 0) is 21.7 Å². The van der Waals surface area contributed by atoms with Gasteiger partial charge < -0.3 is 37.2 Å². The third-order valence-corrected chi connectivity index (χ3v) is 12.6. The summed E-state index contributed by atoms with van der Waals surface area (Å²) < 4.78 is 0. The summed E-state index contributed by atoms with van der Waals surface area (Å²) in [6.45, 7) is 11.6. The molecule has 0 aliphatic heterocycles. The minimum Gasteiger partial charge on any atom is -1.00 e. The molecule has 2 aromatic carbocycles. The van der Waals surface area contributed by atoms with Crippen LogP contribution in [0.3, 0.4) is 0 Å². The van der Waals surface area contributed by atoms with Crippen LogP contribution in [-0.4, -0.2) is 8.07 Å². The molecule has 0 radical (unpaired) electrons. The minimum absolute atomic E-state index is 0. The molecule has 2 aromatic rings. The zero-order chi connectivity index (χ0) is 18.8. The van der Waals surface area contributed by atoms with Crippen LogP contribution >= 0.6 is 0 Å². The maximum absolute atomic E-state index is 3.98. The van der Waals surface area contributed by atoms with E-state index in [2.05, 4.69) is 101 Å². The van der Waals surface area contributed by atoms with Crippen molar-refractivity contribution in [2.75, 3.05) is 0 Å². The molecule has 0 amide bonds. The summed E-state index contributed by atoms with van der Waals surface area (Å²) in [5.74, 6) is 0. The van der Waals surface area contributed by atoms with Crippen LogP contribution in [0.2, 0.25) is 11.1 Å². The standard InChI is InChI=1S/C25H31Si.3ClH.Ti/c1-6-7-18-26(23-14-10-8-11-15-23,24-16-12-9-13-17-24)25(5)19-20(2)21(3)22(25)4;;;;/h8-17H,6-7,18H2,1-5H3;3*1H;/q-1;;;;+4/p-3. The van der Waals surface area contributed by atoms with Gasteiger partial charge in [0.2, 0.25) is 0 Å². The largest absolute Gasteiger partial charge is 4.00 e. The van der Waals surface area contributed by atoms with E-state index in [4.69, 9.17) is 0 Å². The van der Waals surface area contributed by atoms with Gasteiger partial charge in [0, 0.05) is 0 Å². The summed E-state index contributed by atoms with van der Waals surface area (Å²) in [5, 5.41) is 3.08. The van der Waals surface area contributed by atoms with Crippen molar-refractivity contribution in [2.24, 2.45) is 0 Å². The van der Waals surface area contributed by atoms with Gasteiger partial charge in [0.1, 0.15) is 8.07 Å². The molecule has 1 atom stereocenters. The van der Waals surface area contributed by atoms with Crippen LogP contribution in [0.1, 0.15) is 47.5 Å². The van der Waals surface area contributed by atoms with E-state index < -0.39 is 8.07 Å². The van der Waals surface area contributed by atoms with Crippen LogP contribution in [0, 0.1) is 6.08 Å². The molecule has 0 N–H and O–H groups in total. The van der Waals surface area contributed by atoms with Gasteiger partial charge in [-0.05, 0) is 6.04 Å². The normalized spacial score (nSPS) is 17.7. The Morgan fingerprint density at radius 3 is 1.57 bits per heavy atom. The molecule has 0 heterocycles. The van der Waals surface area contributed by atoms with Crippen molar-refractivity contribution in [2.45, 2.75) is 58.5 Å². The summed E-state index contributed by atoms with van der Waals surface area (Å²) in [4.78, 5) is 0. The SMILES string of the molecule is CCCC[Si](c1ccccc1)(c1ccccc1)C1(C)[C-]=C(C)C(C)=C1C.[Cl-].[Cl-].[Cl-].[Ti+4]. The minimum atomic E-state index is -2.10. The second-order valence-electron chi connectivity index (χ2n) is 7.87. The van der Waals surface area contributed by atoms with Crippen molar-refractivity contribution in [3.05, 3.63) is 83.5 Å². The maximum atomic E-state index is 3.98. The van der Waals surface area contributed by atoms with Gasteiger partial charge >= 0.3 is 21.7 Å². The van der Waals surface area contributed by atoms with Crippen molar-refractivity contribution in [3.63, 3.8) is 0 Å². The van der Waals surface area contributed by atoms with Crippen molar-refractivity contribution in [3.8, 4) is 0 Å². The quantitative estimate of drug-likeness (QED) is 0.284. The molecule has 3 rings (SSSR count). The van der Waals surface area contributed by atoms with Crippen molar-refractivity contribution in [1.82, 2.24) is 0 Å². The maximum Gasteiger partial charge on any atom is 4.00 e. The van der Waals surface area contributed by atoms with Gasteiger partial charge in [-0.15, -0.1) is 6.92 Å². The zero-order valence-corrected chi connectivity index (χ0v) is 23.4. The first-order chi connectivity index (χ1) is 12.5. The average Bonchev–Trinajstić information content (AvgIpc) is 2.88. The van der Waals surface area contributed by atoms with E-state index in [1.54, 1.807) is 0 Å². The fraction of sp³-hybridized carbons (Fsp3) is 0.360. The van der Waals surface area contributed by atoms with Crippen molar-refractivity contribution < 1.29 is 58.9 Å². The topological polar surface area (TPSA) is 0 Å². The first kappa shape index (κ1) is 31.9. The third kappa shape index (κ3) is 5.37. The Bertz CT molecular complexity index is 794. The van der Waals surface area contributed by atoms with Gasteiger partial charge in [-0.3, -0.25) is 6.08 Å². The van der Waals surface area contributed by atoms with Crippen molar-refractivity contribution >= 4 is 18.4 Å². The Labute approximate surface area is 218 Å². The number of rotatable bonds is 6. The van der Waals surface area contributed by atoms with Gasteiger partial charge in [0.05, 0.1) is 0 Å². The van der Waals surface area contributed by atoms with E-state index in [-0.39, 0.29) is 64.0 Å². The summed E-state index contributed by atoms with van der Waals surface area (Å²) >= 11 is 0. The summed E-state index contributed by atoms with van der Waals surface area (Å²) in [6.07, 6.45) is 6.47. The second kappa shape index (κ2) is 13.3. The fourth-order valence-electron chi connectivity index (χ4n) is 4.82. The van der Waals surface area contributed by atoms with E-state index in [1.807, 2.05) is 0 Å². The smallest absolute Gasteiger partial charge is 1.00 e. The van der Waals surface area contributed by atoms with E-state index >= 15 is 0 Å². The number of halogens is 3. The Hall–Kier alpha value is -0.279. The number of hydrogen-bond acceptors (Lipinski definition) is 0. The number of hydrogen-bond donors (Lipinski definition) is 0. The molecule has 0 saturated carbocycles. The van der Waals surface area contributed by atoms with Gasteiger partial charge in [-0.2, -0.15) is 11.1 Å². The fourth-order valence-corrected chi connectivity index (χ4v) is 11.0. The van der Waals surface area contributed by atoms with E-state index in [1.165, 1.54) is 46.0 Å². The monoisotopic (exact) mass is 512 g/mol. The molecule has 5 heteroatoms. The molecule has 30 heavy (non-hydrogen) atoms. The molecule has 0 spiro atoms. The second-order valence-corrected chi connectivity index (χ2v) is 12.3. The summed E-state index contributed by atoms with van der Waals surface area (Å²) in [5.41, 5.74) is 4.29. The third-order valence-electron chi connectivity index (χ3n) is 6.60. The Morgan fingerprint density at radius 2 is 1.23 bits per heavy atom. The Kier molecular flexibility index (Phi) is 14.2. The molecule has 160 valence electrons. The molecular formula is C25H31Cl3SiTi. The number of allylic oxidation sites excluding steroid dienone is 4. The number of benzene rings is 2. The van der Waals surface area contributed by atoms with Crippen LogP contribution in [0.5, 0.6) is 0 Å². The van der Waals surface area contributed by atoms with E-state index in [0.717, 1.165) is 0 Å². The molecule has 1 aliphatic carbocycles. The molecule has 1 unspecified atom stereocenters. The van der Waals surface area contributed by atoms with Gasteiger partial charge in [0.25, 0.3) is 0 Å². The Morgan fingerprint density at radius 1 is 0.800 bits per heavy atom. The molecule has 0 aromatic heterocycles. The molecule has 0 saturated heterocycles. The summed E-state index contributed by atoms with van der Waals surface area (Å²) in [7, 11) is -2.10. The Balaban J connectivity index is 0. The van der Waals surface area contributed by atoms with Crippen LogP contribution in [0.25, 0.3) is 0 Å². The molecule has 0 fully saturated rings. The predicted octanol–water partition coefficient (Wildman–Crippen LogP) is -3.08. The molecule has 0 nitrogen and oxygen atoms in total. The predicted molar refractivity (Wildman–Crippen MR) is 117 cm³/mol. The van der Waals surface area contributed by atoms with Gasteiger partial charge in [-0.1, -0.05) is 117 Å². The van der Waals surface area contributed by atoms with Gasteiger partial charge in [0.15, 0.2) is 0 Å². The van der Waals surface area contributed by atoms with E-state index in [0.29, 0.717) is 0 Å². The van der Waals surface area contributed by atoms with Crippen LogP contribution in [0.4, 0.5) is 0 Å². The van der Waals surface area contributed by atoms with Crippen LogP contribution < -0.4 is 47.6 Å². The average molecular weight is 514 g/mol. The molecular weight excluding hydrogens is 483 g/mol. The van der Waals surface area contributed by atoms with Gasteiger partial charge in [-0.25, -0.2) is 5.57 Å². The zero-order valence-electron chi connectivity index (χ0n) is 18.5. The molecule has 1 aliphatic rings. The van der Waals surface area contributed by atoms with Crippen LogP contribution in [0.15, 0.2) is 77.4 Å². The first-order valence-corrected chi connectivity index (χ1v) is 12.1. The van der Waals surface area contributed by atoms with E-state index in [9.17, 15) is 0 Å². The number of unbranched alkanes of at least 4 members (excludes halogenated alkanes) is 1. The molecule has 0 bridgehead atoms. The first-order valence-electron chi connectivity index (χ1n) is 9.88. The summed E-state index contributed by atoms with van der Waals surface area (Å²) in [6, 6.07) is 23.9.